The van der Waals surface area contributed by atoms with E-state index in [2.05, 4.69) is 12.2 Å². The third-order valence-corrected chi connectivity index (χ3v) is 4.88. The molecule has 0 spiro atoms. The predicted octanol–water partition coefficient (Wildman–Crippen LogP) is 6.39. The fraction of sp³-hybridized carbons (Fsp3) is 0.913. The highest BCUT2D eigenvalue weighted by Gasteiger charge is 2.34. The summed E-state index contributed by atoms with van der Waals surface area (Å²) >= 11 is 0. The Hall–Kier alpha value is -1.26. The van der Waals surface area contributed by atoms with E-state index in [4.69, 9.17) is 9.47 Å². The smallest absolute Gasteiger partial charge is 0.407 e. The molecule has 0 radical (unpaired) electrons. The molecule has 5 heteroatoms. The minimum absolute atomic E-state index is 0.274. The number of carbonyl (C=O) groups excluding carboxylic acids is 2. The molecule has 0 aromatic heterocycles. The maximum Gasteiger partial charge on any atom is 0.407 e. The maximum absolute atomic E-state index is 12.3. The quantitative estimate of drug-likeness (QED) is 0.241. The van der Waals surface area contributed by atoms with Crippen LogP contribution in [0.25, 0.3) is 0 Å². The van der Waals surface area contributed by atoms with E-state index < -0.39 is 17.6 Å². The molecule has 1 atom stereocenters. The van der Waals surface area contributed by atoms with E-state index in [-0.39, 0.29) is 12.6 Å². The molecule has 0 aliphatic rings. The van der Waals surface area contributed by atoms with Gasteiger partial charge in [0.1, 0.15) is 6.04 Å². The Morgan fingerprint density at radius 3 is 1.64 bits per heavy atom. The molecular formula is C23H45NO4. The highest BCUT2D eigenvalue weighted by atomic mass is 16.6. The lowest BCUT2D eigenvalue weighted by atomic mass is 9.87. The van der Waals surface area contributed by atoms with Gasteiger partial charge in [0.05, 0.1) is 13.2 Å². The van der Waals surface area contributed by atoms with Crippen molar-refractivity contribution in [3.8, 4) is 0 Å². The van der Waals surface area contributed by atoms with Crippen LogP contribution in [0.5, 0.6) is 0 Å². The van der Waals surface area contributed by atoms with E-state index in [0.29, 0.717) is 6.61 Å². The fourth-order valence-electron chi connectivity index (χ4n) is 3.12. The van der Waals surface area contributed by atoms with Crippen LogP contribution in [0.2, 0.25) is 0 Å². The first-order valence-corrected chi connectivity index (χ1v) is 11.4. The zero-order valence-corrected chi connectivity index (χ0v) is 19.1. The lowest BCUT2D eigenvalue weighted by molar-refractivity contribution is -0.149. The molecule has 1 N–H and O–H groups in total. The summed E-state index contributed by atoms with van der Waals surface area (Å²) in [7, 11) is 0. The molecule has 0 aromatic rings. The number of hydrogen-bond donors (Lipinski definition) is 1. The largest absolute Gasteiger partial charge is 0.464 e. The van der Waals surface area contributed by atoms with Gasteiger partial charge in [0.25, 0.3) is 0 Å². The molecule has 0 aromatic carbocycles. The van der Waals surface area contributed by atoms with Gasteiger partial charge >= 0.3 is 12.1 Å². The van der Waals surface area contributed by atoms with E-state index in [1.807, 2.05) is 20.8 Å². The molecule has 0 aliphatic carbocycles. The molecule has 0 heterocycles. The van der Waals surface area contributed by atoms with Crippen molar-refractivity contribution in [2.45, 2.75) is 118 Å². The van der Waals surface area contributed by atoms with Gasteiger partial charge in [-0.25, -0.2) is 9.59 Å². The summed E-state index contributed by atoms with van der Waals surface area (Å²) in [6, 6.07) is -0.705. The molecule has 28 heavy (non-hydrogen) atoms. The second-order valence-electron chi connectivity index (χ2n) is 8.72. The van der Waals surface area contributed by atoms with Crippen LogP contribution in [0, 0.1) is 5.41 Å². The standard InChI is InChI=1S/C23H45NO4/c1-6-8-9-10-11-12-13-14-15-16-17-18-19-28-21(25)20(23(3,4)5)24-22(26)27-7-2/h20H,6-19H2,1-5H3,(H,24,26). The number of ether oxygens (including phenoxy) is 2. The van der Waals surface area contributed by atoms with Gasteiger partial charge < -0.3 is 14.8 Å². The number of unbranched alkanes of at least 4 members (excludes halogenated alkanes) is 11. The number of hydrogen-bond acceptors (Lipinski definition) is 4. The third-order valence-electron chi connectivity index (χ3n) is 4.88. The second-order valence-corrected chi connectivity index (χ2v) is 8.72. The van der Waals surface area contributed by atoms with Crippen LogP contribution < -0.4 is 5.32 Å². The number of amides is 1. The van der Waals surface area contributed by atoms with E-state index in [0.717, 1.165) is 12.8 Å². The number of rotatable bonds is 16. The Morgan fingerprint density at radius 1 is 0.750 bits per heavy atom. The van der Waals surface area contributed by atoms with Crippen molar-refractivity contribution >= 4 is 12.1 Å². The van der Waals surface area contributed by atoms with Crippen molar-refractivity contribution < 1.29 is 19.1 Å². The second kappa shape index (κ2) is 16.7. The zero-order valence-electron chi connectivity index (χ0n) is 19.1. The van der Waals surface area contributed by atoms with Crippen LogP contribution in [-0.2, 0) is 14.3 Å². The van der Waals surface area contributed by atoms with Crippen molar-refractivity contribution in [3.63, 3.8) is 0 Å². The summed E-state index contributed by atoms with van der Waals surface area (Å²) in [6.07, 6.45) is 14.7. The molecule has 1 unspecified atom stereocenters. The van der Waals surface area contributed by atoms with Gasteiger partial charge in [-0.15, -0.1) is 0 Å². The number of alkyl carbamates (subject to hydrolysis) is 1. The van der Waals surface area contributed by atoms with Gasteiger partial charge in [-0.3, -0.25) is 0 Å². The molecule has 5 nitrogen and oxygen atoms in total. The summed E-state index contributed by atoms with van der Waals surface area (Å²) in [5.41, 5.74) is -0.430. The van der Waals surface area contributed by atoms with Crippen LogP contribution in [0.3, 0.4) is 0 Å². The Bertz CT molecular complexity index is 404. The highest BCUT2D eigenvalue weighted by molar-refractivity contribution is 5.82. The first-order chi connectivity index (χ1) is 13.3. The molecule has 0 bridgehead atoms. The molecule has 1 amide bonds. The van der Waals surface area contributed by atoms with Gasteiger partial charge in [0, 0.05) is 0 Å². The molecular weight excluding hydrogens is 354 g/mol. The topological polar surface area (TPSA) is 64.6 Å². The molecule has 0 aliphatic heterocycles. The predicted molar refractivity (Wildman–Crippen MR) is 115 cm³/mol. The number of esters is 1. The Kier molecular flexibility index (Phi) is 15.9. The first kappa shape index (κ1) is 26.7. The average molecular weight is 400 g/mol. The van der Waals surface area contributed by atoms with E-state index >= 15 is 0 Å². The third kappa shape index (κ3) is 14.8. The van der Waals surface area contributed by atoms with Crippen LogP contribution in [0.4, 0.5) is 4.79 Å². The normalized spacial score (nSPS) is 12.5. The first-order valence-electron chi connectivity index (χ1n) is 11.4. The van der Waals surface area contributed by atoms with E-state index in [1.165, 1.54) is 64.2 Å². The van der Waals surface area contributed by atoms with Crippen LogP contribution >= 0.6 is 0 Å². The van der Waals surface area contributed by atoms with Crippen LogP contribution in [-0.4, -0.2) is 31.3 Å². The lowest BCUT2D eigenvalue weighted by Gasteiger charge is -2.29. The monoisotopic (exact) mass is 399 g/mol. The van der Waals surface area contributed by atoms with Crippen LogP contribution in [0.15, 0.2) is 0 Å². The van der Waals surface area contributed by atoms with E-state index in [1.54, 1.807) is 6.92 Å². The summed E-state index contributed by atoms with van der Waals surface area (Å²) in [6.45, 7) is 10.4. The minimum Gasteiger partial charge on any atom is -0.464 e. The van der Waals surface area contributed by atoms with Crippen LogP contribution in [0.1, 0.15) is 112 Å². The summed E-state index contributed by atoms with van der Waals surface area (Å²) in [4.78, 5) is 24.0. The van der Waals surface area contributed by atoms with Crippen molar-refractivity contribution in [2.24, 2.45) is 5.41 Å². The number of nitrogens with one attached hydrogen (secondary N) is 1. The Labute approximate surface area is 173 Å². The molecule has 0 fully saturated rings. The van der Waals surface area contributed by atoms with E-state index in [9.17, 15) is 9.59 Å². The van der Waals surface area contributed by atoms with Gasteiger partial charge in [0.2, 0.25) is 0 Å². The Balaban J connectivity index is 3.76. The lowest BCUT2D eigenvalue weighted by Crippen LogP contribution is -2.50. The van der Waals surface area contributed by atoms with Gasteiger partial charge in [0.15, 0.2) is 0 Å². The number of carbonyl (C=O) groups is 2. The minimum atomic E-state index is -0.705. The van der Waals surface area contributed by atoms with Gasteiger partial charge in [-0.05, 0) is 18.8 Å². The average Bonchev–Trinajstić information content (AvgIpc) is 2.62. The molecule has 0 saturated carbocycles. The van der Waals surface area contributed by atoms with Crippen molar-refractivity contribution in [1.82, 2.24) is 5.32 Å². The van der Waals surface area contributed by atoms with Gasteiger partial charge in [-0.2, -0.15) is 0 Å². The molecule has 0 saturated heterocycles. The summed E-state index contributed by atoms with van der Waals surface area (Å²) < 4.78 is 10.3. The fourth-order valence-corrected chi connectivity index (χ4v) is 3.12. The maximum atomic E-state index is 12.3. The molecule has 166 valence electrons. The van der Waals surface area contributed by atoms with Gasteiger partial charge in [-0.1, -0.05) is 98.3 Å². The molecule has 0 rings (SSSR count). The van der Waals surface area contributed by atoms with Crippen molar-refractivity contribution in [1.29, 1.82) is 0 Å². The summed E-state index contributed by atoms with van der Waals surface area (Å²) in [5, 5.41) is 2.62. The summed E-state index contributed by atoms with van der Waals surface area (Å²) in [5.74, 6) is -0.386. The Morgan fingerprint density at radius 2 is 1.21 bits per heavy atom. The zero-order chi connectivity index (χ0) is 21.3. The SMILES string of the molecule is CCCCCCCCCCCCCCOC(=O)C(NC(=O)OCC)C(C)(C)C. The van der Waals surface area contributed by atoms with Crippen molar-refractivity contribution in [3.05, 3.63) is 0 Å². The van der Waals surface area contributed by atoms with Crippen molar-refractivity contribution in [2.75, 3.05) is 13.2 Å². The highest BCUT2D eigenvalue weighted by Crippen LogP contribution is 2.21.